The van der Waals surface area contributed by atoms with Crippen molar-refractivity contribution in [1.82, 2.24) is 9.29 Å². The van der Waals surface area contributed by atoms with Crippen molar-refractivity contribution in [3.8, 4) is 0 Å². The Morgan fingerprint density at radius 2 is 0.585 bits per heavy atom. The fraction of sp³-hybridized carbons (Fsp3) is 0. The number of para-hydroxylation sites is 4. The van der Waals surface area contributed by atoms with E-state index in [-0.39, 0.29) is 0 Å². The van der Waals surface area contributed by atoms with Gasteiger partial charge in [-0.3, -0.25) is 9.29 Å². The fourth-order valence-corrected chi connectivity index (χ4v) is 5.17. The molecule has 6 rings (SSSR count). The molecule has 0 aliphatic rings. The minimum atomic E-state index is -0.736. The molecule has 0 saturated heterocycles. The number of hydrogen-bond donors (Lipinski definition) is 1. The molecule has 6 aromatic carbocycles. The first-order valence-electron chi connectivity index (χ1n) is 13.5. The molecule has 0 aromatic heterocycles. The van der Waals surface area contributed by atoms with Gasteiger partial charge in [0.05, 0.1) is 0 Å². The largest absolute Gasteiger partial charge is 0.616 e. The van der Waals surface area contributed by atoms with Crippen molar-refractivity contribution in [3.63, 3.8) is 0 Å². The lowest BCUT2D eigenvalue weighted by Gasteiger charge is -2.41. The Morgan fingerprint density at radius 1 is 0.317 bits per heavy atom. The molecule has 0 atom stereocenters. The van der Waals surface area contributed by atoms with Gasteiger partial charge in [-0.25, -0.2) is 0 Å². The molecule has 0 unspecified atom stereocenters. The van der Waals surface area contributed by atoms with E-state index in [1.165, 1.54) is 0 Å². The van der Waals surface area contributed by atoms with E-state index in [9.17, 15) is 10.4 Å². The molecule has 0 spiro atoms. The van der Waals surface area contributed by atoms with Gasteiger partial charge in [-0.15, -0.1) is 0 Å². The summed E-state index contributed by atoms with van der Waals surface area (Å²) in [5.41, 5.74) is 5.04. The lowest BCUT2D eigenvalue weighted by molar-refractivity contribution is 0.693. The normalized spacial score (nSPS) is 11.7. The van der Waals surface area contributed by atoms with Gasteiger partial charge in [-0.05, 0) is 12.1 Å². The van der Waals surface area contributed by atoms with Crippen molar-refractivity contribution in [1.29, 1.82) is 0 Å². The summed E-state index contributed by atoms with van der Waals surface area (Å²) >= 11 is 0. The van der Waals surface area contributed by atoms with Crippen molar-refractivity contribution in [2.75, 3.05) is 5.32 Å². The van der Waals surface area contributed by atoms with Crippen LogP contribution in [0.5, 0.6) is 0 Å². The number of quaternary nitrogens is 2. The van der Waals surface area contributed by atoms with Crippen molar-refractivity contribution < 1.29 is 0 Å². The highest BCUT2D eigenvalue weighted by Crippen LogP contribution is 2.45. The van der Waals surface area contributed by atoms with Gasteiger partial charge < -0.3 is 15.7 Å². The highest BCUT2D eigenvalue weighted by molar-refractivity contribution is 5.77. The maximum atomic E-state index is 14.7. The number of rotatable bonds is 8. The van der Waals surface area contributed by atoms with E-state index in [1.54, 1.807) is 0 Å². The van der Waals surface area contributed by atoms with Crippen molar-refractivity contribution in [2.24, 2.45) is 0 Å². The van der Waals surface area contributed by atoms with Gasteiger partial charge in [0.1, 0.15) is 34.1 Å². The first kappa shape index (κ1) is 26.2. The number of anilines is 2. The zero-order valence-corrected chi connectivity index (χ0v) is 22.4. The number of nitrogens with zero attached hydrogens (tertiary/aromatic N) is 2. The Hall–Kier alpha value is -5.04. The van der Waals surface area contributed by atoms with Crippen molar-refractivity contribution in [2.45, 2.75) is 0 Å². The van der Waals surface area contributed by atoms with E-state index in [0.29, 0.717) is 34.1 Å². The van der Waals surface area contributed by atoms with Gasteiger partial charge in [0.2, 0.25) is 0 Å². The third-order valence-electron chi connectivity index (χ3n) is 7.19. The fourth-order valence-electron chi connectivity index (χ4n) is 5.17. The summed E-state index contributed by atoms with van der Waals surface area (Å²) < 4.78 is -1.47. The molecule has 5 heteroatoms. The first-order valence-corrected chi connectivity index (χ1v) is 13.5. The van der Waals surface area contributed by atoms with Gasteiger partial charge >= 0.3 is 0 Å². The molecule has 6 aromatic rings. The number of hydrogen-bond acceptors (Lipinski definition) is 3. The van der Waals surface area contributed by atoms with Crippen LogP contribution in [0.25, 0.3) is 0 Å². The van der Waals surface area contributed by atoms with E-state index < -0.39 is 9.29 Å². The second kappa shape index (κ2) is 11.2. The van der Waals surface area contributed by atoms with E-state index in [1.807, 2.05) is 170 Å². The summed E-state index contributed by atoms with van der Waals surface area (Å²) in [5.74, 6) is 0. The van der Waals surface area contributed by atoms with E-state index in [0.717, 1.165) is 11.4 Å². The summed E-state index contributed by atoms with van der Waals surface area (Å²) in [6.45, 7) is 0. The van der Waals surface area contributed by atoms with Crippen molar-refractivity contribution in [3.05, 3.63) is 180 Å². The summed E-state index contributed by atoms with van der Waals surface area (Å²) in [6, 6.07) is 52.5. The molecular formula is C36H29N3O2. The van der Waals surface area contributed by atoms with Crippen LogP contribution in [0, 0.1) is 10.4 Å². The highest BCUT2D eigenvalue weighted by Gasteiger charge is 2.28. The first-order chi connectivity index (χ1) is 20.1. The number of benzene rings is 6. The maximum Gasteiger partial charge on any atom is 0.145 e. The molecule has 0 radical (unpaired) electrons. The van der Waals surface area contributed by atoms with Gasteiger partial charge in [0.15, 0.2) is 0 Å². The molecule has 1 N–H and O–H groups in total. The molecule has 41 heavy (non-hydrogen) atoms. The molecule has 0 bridgehead atoms. The standard InChI is InChI=1S/C36H29N3O2/c40-38(31-17-5-1-6-18-31,32-19-7-2-8-20-32)35-25-13-15-29(27-35)37-30-16-14-26-36(28-30)39(41,33-21-9-3-10-22-33)34-23-11-4-12-24-34/h1-28,37H. The van der Waals surface area contributed by atoms with Crippen LogP contribution >= 0.6 is 0 Å². The molecule has 0 aliphatic carbocycles. The zero-order chi connectivity index (χ0) is 28.1. The summed E-state index contributed by atoms with van der Waals surface area (Å²) in [6.07, 6.45) is 0. The summed E-state index contributed by atoms with van der Waals surface area (Å²) in [7, 11) is 0. The third kappa shape index (κ3) is 5.02. The predicted octanol–water partition coefficient (Wildman–Crippen LogP) is 10.4. The van der Waals surface area contributed by atoms with Crippen LogP contribution in [0.1, 0.15) is 0 Å². The zero-order valence-electron chi connectivity index (χ0n) is 22.4. The van der Waals surface area contributed by atoms with Gasteiger partial charge in [-0.2, -0.15) is 0 Å². The summed E-state index contributed by atoms with van der Waals surface area (Å²) in [5, 5.41) is 32.8. The van der Waals surface area contributed by atoms with Crippen LogP contribution in [0.15, 0.2) is 170 Å². The van der Waals surface area contributed by atoms with Gasteiger partial charge in [-0.1, -0.05) is 84.9 Å². The molecule has 5 nitrogen and oxygen atoms in total. The Morgan fingerprint density at radius 3 is 0.878 bits per heavy atom. The minimum absolute atomic E-state index is 0.561. The van der Waals surface area contributed by atoms with Crippen LogP contribution < -0.4 is 14.6 Å². The molecule has 0 amide bonds. The summed E-state index contributed by atoms with van der Waals surface area (Å²) in [4.78, 5) is 0. The lowest BCUT2D eigenvalue weighted by Crippen LogP contribution is -2.31. The topological polar surface area (TPSA) is 58.1 Å². The quantitative estimate of drug-likeness (QED) is 0.156. The lowest BCUT2D eigenvalue weighted by atomic mass is 10.1. The SMILES string of the molecule is [O-][N+](c1ccccc1)(c1ccccc1)c1cccc(Nc2cccc([N+]([O-])(c3ccccc3)c3ccccc3)c2)c1. The predicted molar refractivity (Wildman–Crippen MR) is 171 cm³/mol. The Bertz CT molecular complexity index is 1520. The third-order valence-corrected chi connectivity index (χ3v) is 7.19. The molecular weight excluding hydrogens is 506 g/mol. The molecule has 0 fully saturated rings. The molecule has 0 saturated carbocycles. The van der Waals surface area contributed by atoms with E-state index >= 15 is 0 Å². The highest BCUT2D eigenvalue weighted by atomic mass is 16.6. The van der Waals surface area contributed by atoms with E-state index in [2.05, 4.69) is 5.32 Å². The maximum absolute atomic E-state index is 14.7. The molecule has 0 heterocycles. The van der Waals surface area contributed by atoms with Crippen LogP contribution in [-0.2, 0) is 0 Å². The van der Waals surface area contributed by atoms with Gasteiger partial charge in [0, 0.05) is 84.2 Å². The molecule has 200 valence electrons. The van der Waals surface area contributed by atoms with Crippen molar-refractivity contribution >= 4 is 45.5 Å². The van der Waals surface area contributed by atoms with E-state index in [4.69, 9.17) is 0 Å². The monoisotopic (exact) mass is 535 g/mol. The van der Waals surface area contributed by atoms with Gasteiger partial charge in [0.25, 0.3) is 0 Å². The second-order valence-corrected chi connectivity index (χ2v) is 9.79. The second-order valence-electron chi connectivity index (χ2n) is 9.79. The Labute approximate surface area is 240 Å². The Kier molecular flexibility index (Phi) is 7.17. The van der Waals surface area contributed by atoms with Crippen LogP contribution in [0.4, 0.5) is 45.5 Å². The molecule has 0 aliphatic heterocycles. The van der Waals surface area contributed by atoms with Crippen LogP contribution in [0.2, 0.25) is 0 Å². The van der Waals surface area contributed by atoms with Crippen LogP contribution in [-0.4, -0.2) is 0 Å². The minimum Gasteiger partial charge on any atom is -0.616 e. The smallest absolute Gasteiger partial charge is 0.145 e. The average Bonchev–Trinajstić information content (AvgIpc) is 3.06. The number of nitrogens with one attached hydrogen (secondary N) is 1. The van der Waals surface area contributed by atoms with Crippen LogP contribution in [0.3, 0.4) is 0 Å². The Balaban J connectivity index is 1.39. The average molecular weight is 536 g/mol.